The Hall–Kier alpha value is -2.73. The molecule has 0 atom stereocenters. The van der Waals surface area contributed by atoms with Crippen LogP contribution in [0.3, 0.4) is 0 Å². The predicted molar refractivity (Wildman–Crippen MR) is 93.5 cm³/mol. The van der Waals surface area contributed by atoms with Crippen molar-refractivity contribution in [3.63, 3.8) is 0 Å². The number of aromatic nitrogens is 3. The lowest BCUT2D eigenvalue weighted by Crippen LogP contribution is -2.26. The standard InChI is InChI=1S/C18H16ClFN4O/c1-12-22-17(23-24(12)16-8-6-15(20)7-9-16)18(25)21-11-10-13-2-4-14(19)5-3-13/h2-9H,10-11H2,1H3,(H,21,25). The summed E-state index contributed by atoms with van der Waals surface area (Å²) < 4.78 is 14.5. The van der Waals surface area contributed by atoms with E-state index in [0.29, 0.717) is 29.5 Å². The van der Waals surface area contributed by atoms with Gasteiger partial charge in [-0.05, 0) is 55.3 Å². The molecule has 1 N–H and O–H groups in total. The molecule has 0 aliphatic rings. The van der Waals surface area contributed by atoms with Crippen LogP contribution in [0.1, 0.15) is 22.0 Å². The second kappa shape index (κ2) is 7.44. The van der Waals surface area contributed by atoms with E-state index in [1.54, 1.807) is 19.1 Å². The van der Waals surface area contributed by atoms with Crippen LogP contribution in [0.4, 0.5) is 4.39 Å². The van der Waals surface area contributed by atoms with E-state index in [0.717, 1.165) is 5.56 Å². The molecule has 128 valence electrons. The Morgan fingerprint density at radius 2 is 1.84 bits per heavy atom. The molecule has 5 nitrogen and oxygen atoms in total. The van der Waals surface area contributed by atoms with Gasteiger partial charge in [-0.15, -0.1) is 5.10 Å². The Kier molecular flexibility index (Phi) is 5.09. The van der Waals surface area contributed by atoms with Gasteiger partial charge in [-0.25, -0.2) is 14.1 Å². The van der Waals surface area contributed by atoms with Gasteiger partial charge in [0.25, 0.3) is 5.91 Å². The SMILES string of the molecule is Cc1nc(C(=O)NCCc2ccc(Cl)cc2)nn1-c1ccc(F)cc1. The highest BCUT2D eigenvalue weighted by atomic mass is 35.5. The van der Waals surface area contributed by atoms with Crippen molar-refractivity contribution in [1.29, 1.82) is 0 Å². The maximum Gasteiger partial charge on any atom is 0.290 e. The van der Waals surface area contributed by atoms with Crippen LogP contribution >= 0.6 is 11.6 Å². The zero-order valence-corrected chi connectivity index (χ0v) is 14.3. The number of hydrogen-bond acceptors (Lipinski definition) is 3. The molecule has 7 heteroatoms. The topological polar surface area (TPSA) is 59.8 Å². The maximum atomic E-state index is 13.0. The van der Waals surface area contributed by atoms with E-state index >= 15 is 0 Å². The zero-order chi connectivity index (χ0) is 17.8. The Labute approximate surface area is 149 Å². The monoisotopic (exact) mass is 358 g/mol. The summed E-state index contributed by atoms with van der Waals surface area (Å²) in [5, 5.41) is 7.67. The first-order valence-electron chi connectivity index (χ1n) is 7.75. The molecule has 0 fully saturated rings. The molecule has 0 aliphatic heterocycles. The van der Waals surface area contributed by atoms with Gasteiger partial charge < -0.3 is 5.32 Å². The van der Waals surface area contributed by atoms with E-state index in [2.05, 4.69) is 15.4 Å². The normalized spacial score (nSPS) is 10.7. The number of nitrogens with one attached hydrogen (secondary N) is 1. The lowest BCUT2D eigenvalue weighted by atomic mass is 10.1. The molecule has 0 saturated carbocycles. The fourth-order valence-corrected chi connectivity index (χ4v) is 2.49. The quantitative estimate of drug-likeness (QED) is 0.761. The molecule has 3 rings (SSSR count). The molecule has 1 heterocycles. The largest absolute Gasteiger partial charge is 0.349 e. The molecule has 0 saturated heterocycles. The van der Waals surface area contributed by atoms with Crippen LogP contribution in [-0.4, -0.2) is 27.2 Å². The van der Waals surface area contributed by atoms with Crippen LogP contribution in [0.15, 0.2) is 48.5 Å². The van der Waals surface area contributed by atoms with Gasteiger partial charge in [-0.2, -0.15) is 0 Å². The molecule has 0 unspecified atom stereocenters. The summed E-state index contributed by atoms with van der Waals surface area (Å²) in [5.74, 6) is -0.0491. The minimum atomic E-state index is -0.349. The van der Waals surface area contributed by atoms with Gasteiger partial charge in [0.2, 0.25) is 5.82 Å². The predicted octanol–water partition coefficient (Wildman–Crippen LogP) is 3.34. The van der Waals surface area contributed by atoms with Crippen LogP contribution in [0.25, 0.3) is 5.69 Å². The summed E-state index contributed by atoms with van der Waals surface area (Å²) >= 11 is 5.84. The first-order chi connectivity index (χ1) is 12.0. The number of halogens is 2. The van der Waals surface area contributed by atoms with Crippen molar-refractivity contribution in [2.45, 2.75) is 13.3 Å². The number of nitrogens with zero attached hydrogens (tertiary/aromatic N) is 3. The van der Waals surface area contributed by atoms with E-state index in [9.17, 15) is 9.18 Å². The lowest BCUT2D eigenvalue weighted by Gasteiger charge is -2.03. The number of rotatable bonds is 5. The number of carbonyl (C=O) groups excluding carboxylic acids is 1. The van der Waals surface area contributed by atoms with E-state index < -0.39 is 0 Å². The van der Waals surface area contributed by atoms with Gasteiger partial charge in [0.05, 0.1) is 5.69 Å². The minimum absolute atomic E-state index is 0.0814. The Bertz CT molecular complexity index is 875. The van der Waals surface area contributed by atoms with Gasteiger partial charge in [0.1, 0.15) is 11.6 Å². The molecule has 25 heavy (non-hydrogen) atoms. The van der Waals surface area contributed by atoms with Gasteiger partial charge in [0.15, 0.2) is 0 Å². The average molecular weight is 359 g/mol. The summed E-state index contributed by atoms with van der Waals surface area (Å²) in [4.78, 5) is 16.4. The van der Waals surface area contributed by atoms with Crippen LogP contribution in [-0.2, 0) is 6.42 Å². The number of aryl methyl sites for hydroxylation is 1. The third kappa shape index (κ3) is 4.22. The van der Waals surface area contributed by atoms with Crippen molar-refractivity contribution < 1.29 is 9.18 Å². The van der Waals surface area contributed by atoms with E-state index in [1.165, 1.54) is 16.8 Å². The van der Waals surface area contributed by atoms with Crippen molar-refractivity contribution in [2.75, 3.05) is 6.54 Å². The summed E-state index contributed by atoms with van der Waals surface area (Å²) in [5.41, 5.74) is 1.72. The lowest BCUT2D eigenvalue weighted by molar-refractivity contribution is 0.0944. The second-order valence-electron chi connectivity index (χ2n) is 5.50. The van der Waals surface area contributed by atoms with E-state index in [-0.39, 0.29) is 17.5 Å². The van der Waals surface area contributed by atoms with E-state index in [1.807, 2.05) is 24.3 Å². The smallest absolute Gasteiger partial charge is 0.290 e. The van der Waals surface area contributed by atoms with Crippen molar-refractivity contribution >= 4 is 17.5 Å². The summed E-state index contributed by atoms with van der Waals surface area (Å²) in [6, 6.07) is 13.3. The second-order valence-corrected chi connectivity index (χ2v) is 5.94. The van der Waals surface area contributed by atoms with E-state index in [4.69, 9.17) is 11.6 Å². The molecule has 0 radical (unpaired) electrons. The third-order valence-corrected chi connectivity index (χ3v) is 3.91. The number of carbonyl (C=O) groups is 1. The molecule has 0 bridgehead atoms. The highest BCUT2D eigenvalue weighted by Gasteiger charge is 2.14. The Morgan fingerprint density at radius 1 is 1.16 bits per heavy atom. The summed E-state index contributed by atoms with van der Waals surface area (Å²) in [6.45, 7) is 2.20. The molecule has 2 aromatic carbocycles. The van der Waals surface area contributed by atoms with Crippen molar-refractivity contribution in [1.82, 2.24) is 20.1 Å². The van der Waals surface area contributed by atoms with Crippen molar-refractivity contribution in [3.8, 4) is 5.69 Å². The van der Waals surface area contributed by atoms with Gasteiger partial charge in [0, 0.05) is 11.6 Å². The summed E-state index contributed by atoms with van der Waals surface area (Å²) in [6.07, 6.45) is 0.681. The number of amides is 1. The van der Waals surface area contributed by atoms with Crippen molar-refractivity contribution in [2.24, 2.45) is 0 Å². The highest BCUT2D eigenvalue weighted by molar-refractivity contribution is 6.30. The first-order valence-corrected chi connectivity index (χ1v) is 8.13. The number of hydrogen-bond donors (Lipinski definition) is 1. The highest BCUT2D eigenvalue weighted by Crippen LogP contribution is 2.11. The molecule has 0 spiro atoms. The molecular formula is C18H16ClFN4O. The first kappa shape index (κ1) is 17.1. The maximum absolute atomic E-state index is 13.0. The summed E-state index contributed by atoms with van der Waals surface area (Å²) in [7, 11) is 0. The zero-order valence-electron chi connectivity index (χ0n) is 13.5. The molecular weight excluding hydrogens is 343 g/mol. The fraction of sp³-hybridized carbons (Fsp3) is 0.167. The van der Waals surface area contributed by atoms with Crippen LogP contribution in [0.5, 0.6) is 0 Å². The Balaban J connectivity index is 1.63. The van der Waals surface area contributed by atoms with Crippen molar-refractivity contribution in [3.05, 3.63) is 76.6 Å². The molecule has 0 aliphatic carbocycles. The molecule has 1 aromatic heterocycles. The van der Waals surface area contributed by atoms with Crippen LogP contribution < -0.4 is 5.32 Å². The van der Waals surface area contributed by atoms with Crippen LogP contribution in [0, 0.1) is 12.7 Å². The van der Waals surface area contributed by atoms with Gasteiger partial charge in [-0.3, -0.25) is 4.79 Å². The molecule has 1 amide bonds. The van der Waals surface area contributed by atoms with Gasteiger partial charge in [-0.1, -0.05) is 23.7 Å². The Morgan fingerprint density at radius 3 is 2.52 bits per heavy atom. The number of benzene rings is 2. The van der Waals surface area contributed by atoms with Crippen LogP contribution in [0.2, 0.25) is 5.02 Å². The minimum Gasteiger partial charge on any atom is -0.349 e. The van der Waals surface area contributed by atoms with Gasteiger partial charge >= 0.3 is 0 Å². The average Bonchev–Trinajstić information content (AvgIpc) is 2.99. The fourth-order valence-electron chi connectivity index (χ4n) is 2.36. The third-order valence-electron chi connectivity index (χ3n) is 3.66. The molecule has 3 aromatic rings.